The first kappa shape index (κ1) is 21.6. The molecule has 0 radical (unpaired) electrons. The summed E-state index contributed by atoms with van der Waals surface area (Å²) < 4.78 is 5.17. The number of methoxy groups -OCH3 is 1. The van der Waals surface area contributed by atoms with Crippen molar-refractivity contribution in [2.45, 2.75) is 45.3 Å². The fourth-order valence-electron chi connectivity index (χ4n) is 2.43. The minimum Gasteiger partial charge on any atom is -0.497 e. The molecule has 1 heterocycles. The van der Waals surface area contributed by atoms with Crippen molar-refractivity contribution in [3.05, 3.63) is 29.8 Å². The molecular formula is C19H30N6O3. The number of rotatable bonds is 12. The van der Waals surface area contributed by atoms with Crippen molar-refractivity contribution in [2.24, 2.45) is 0 Å². The first-order valence-electron chi connectivity index (χ1n) is 9.49. The Hall–Kier alpha value is -2.65. The summed E-state index contributed by atoms with van der Waals surface area (Å²) in [5.74, 6) is 1.93. The van der Waals surface area contributed by atoms with Gasteiger partial charge in [-0.05, 0) is 30.5 Å². The van der Waals surface area contributed by atoms with Gasteiger partial charge < -0.3 is 30.9 Å². The Morgan fingerprint density at radius 2 is 1.36 bits per heavy atom. The third kappa shape index (κ3) is 6.50. The molecule has 2 rings (SSSR count). The van der Waals surface area contributed by atoms with E-state index in [9.17, 15) is 10.2 Å². The number of nitrogens with one attached hydrogen (secondary N) is 3. The molecule has 0 bridgehead atoms. The smallest absolute Gasteiger partial charge is 0.229 e. The second-order valence-corrected chi connectivity index (χ2v) is 6.37. The zero-order valence-corrected chi connectivity index (χ0v) is 16.6. The van der Waals surface area contributed by atoms with Gasteiger partial charge in [0.1, 0.15) is 5.75 Å². The number of ether oxygens (including phenoxy) is 1. The Kier molecular flexibility index (Phi) is 8.70. The van der Waals surface area contributed by atoms with Gasteiger partial charge in [0, 0.05) is 6.54 Å². The van der Waals surface area contributed by atoms with E-state index in [-0.39, 0.29) is 25.3 Å². The Morgan fingerprint density at radius 1 is 0.857 bits per heavy atom. The Morgan fingerprint density at radius 3 is 1.79 bits per heavy atom. The molecule has 0 aliphatic rings. The SMILES string of the molecule is CC[C@H](CO)Nc1nc(NCc2ccc(OC)cc2)nc(N[C@@H](CC)CO)n1. The molecule has 2 atom stereocenters. The van der Waals surface area contributed by atoms with Crippen molar-refractivity contribution in [2.75, 3.05) is 36.3 Å². The topological polar surface area (TPSA) is 124 Å². The number of aliphatic hydroxyl groups is 2. The van der Waals surface area contributed by atoms with Crippen molar-refractivity contribution < 1.29 is 14.9 Å². The molecule has 0 spiro atoms. The minimum atomic E-state index is -0.149. The third-order valence-corrected chi connectivity index (χ3v) is 4.34. The molecule has 28 heavy (non-hydrogen) atoms. The van der Waals surface area contributed by atoms with Crippen LogP contribution in [0.4, 0.5) is 17.8 Å². The highest BCUT2D eigenvalue weighted by Gasteiger charge is 2.13. The average molecular weight is 390 g/mol. The van der Waals surface area contributed by atoms with Crippen LogP contribution in [0.3, 0.4) is 0 Å². The summed E-state index contributed by atoms with van der Waals surface area (Å²) >= 11 is 0. The van der Waals surface area contributed by atoms with Gasteiger partial charge in [0.15, 0.2) is 0 Å². The molecular weight excluding hydrogens is 360 g/mol. The van der Waals surface area contributed by atoms with E-state index in [1.807, 2.05) is 38.1 Å². The van der Waals surface area contributed by atoms with Gasteiger partial charge in [-0.15, -0.1) is 0 Å². The predicted molar refractivity (Wildman–Crippen MR) is 110 cm³/mol. The van der Waals surface area contributed by atoms with E-state index < -0.39 is 0 Å². The lowest BCUT2D eigenvalue weighted by Crippen LogP contribution is -2.27. The van der Waals surface area contributed by atoms with Crippen molar-refractivity contribution >= 4 is 17.8 Å². The maximum Gasteiger partial charge on any atom is 0.229 e. The van der Waals surface area contributed by atoms with Crippen LogP contribution in [0.1, 0.15) is 32.3 Å². The molecule has 0 aliphatic carbocycles. The van der Waals surface area contributed by atoms with Gasteiger partial charge >= 0.3 is 0 Å². The fourth-order valence-corrected chi connectivity index (χ4v) is 2.43. The number of hydrogen-bond donors (Lipinski definition) is 5. The molecule has 2 aromatic rings. The molecule has 0 fully saturated rings. The maximum atomic E-state index is 9.43. The molecule has 0 saturated heterocycles. The molecule has 1 aromatic carbocycles. The highest BCUT2D eigenvalue weighted by Crippen LogP contribution is 2.15. The van der Waals surface area contributed by atoms with Gasteiger partial charge in [-0.3, -0.25) is 0 Å². The first-order chi connectivity index (χ1) is 13.6. The van der Waals surface area contributed by atoms with Crippen LogP contribution in [0.5, 0.6) is 5.75 Å². The van der Waals surface area contributed by atoms with E-state index in [2.05, 4.69) is 30.9 Å². The molecule has 0 amide bonds. The molecule has 0 unspecified atom stereocenters. The van der Waals surface area contributed by atoms with Gasteiger partial charge in [-0.1, -0.05) is 26.0 Å². The fraction of sp³-hybridized carbons (Fsp3) is 0.526. The highest BCUT2D eigenvalue weighted by molar-refractivity contribution is 5.43. The lowest BCUT2D eigenvalue weighted by Gasteiger charge is -2.18. The number of nitrogens with zero attached hydrogens (tertiary/aromatic N) is 3. The van der Waals surface area contributed by atoms with Crippen LogP contribution in [-0.4, -0.2) is 57.6 Å². The van der Waals surface area contributed by atoms with Crippen LogP contribution >= 0.6 is 0 Å². The Labute approximate surface area is 165 Å². The minimum absolute atomic E-state index is 0.0201. The summed E-state index contributed by atoms with van der Waals surface area (Å²) in [7, 11) is 1.63. The lowest BCUT2D eigenvalue weighted by molar-refractivity contribution is 0.271. The monoisotopic (exact) mass is 390 g/mol. The summed E-state index contributed by atoms with van der Waals surface area (Å²) in [5, 5.41) is 28.3. The number of benzene rings is 1. The quantitative estimate of drug-likeness (QED) is 0.369. The van der Waals surface area contributed by atoms with Crippen molar-refractivity contribution in [1.29, 1.82) is 0 Å². The van der Waals surface area contributed by atoms with Gasteiger partial charge in [-0.25, -0.2) is 0 Å². The summed E-state index contributed by atoms with van der Waals surface area (Å²) in [6.45, 7) is 4.43. The zero-order valence-electron chi connectivity index (χ0n) is 16.6. The average Bonchev–Trinajstić information content (AvgIpc) is 2.74. The van der Waals surface area contributed by atoms with Crippen molar-refractivity contribution in [3.63, 3.8) is 0 Å². The number of hydrogen-bond acceptors (Lipinski definition) is 9. The maximum absolute atomic E-state index is 9.43. The van der Waals surface area contributed by atoms with Crippen LogP contribution in [-0.2, 0) is 6.54 Å². The standard InChI is InChI=1S/C19H30N6O3/c1-4-14(11-26)21-18-23-17(24-19(25-18)22-15(5-2)12-27)20-10-13-6-8-16(28-3)9-7-13/h6-9,14-15,26-27H,4-5,10-12H2,1-3H3,(H3,20,21,22,23,24,25)/t14-,15+. The summed E-state index contributed by atoms with van der Waals surface area (Å²) in [6.07, 6.45) is 1.46. The molecule has 1 aromatic heterocycles. The molecule has 154 valence electrons. The molecule has 0 saturated carbocycles. The van der Waals surface area contributed by atoms with Crippen LogP contribution in [0.15, 0.2) is 24.3 Å². The Bertz CT molecular complexity index is 673. The largest absolute Gasteiger partial charge is 0.497 e. The molecule has 0 aliphatic heterocycles. The van der Waals surface area contributed by atoms with Crippen LogP contribution < -0.4 is 20.7 Å². The van der Waals surface area contributed by atoms with Gasteiger partial charge in [0.25, 0.3) is 0 Å². The van der Waals surface area contributed by atoms with Gasteiger partial charge in [0.2, 0.25) is 17.8 Å². The molecule has 9 nitrogen and oxygen atoms in total. The predicted octanol–water partition coefficient (Wildman–Crippen LogP) is 1.86. The van der Waals surface area contributed by atoms with Crippen LogP contribution in [0.25, 0.3) is 0 Å². The van der Waals surface area contributed by atoms with E-state index in [1.54, 1.807) is 7.11 Å². The lowest BCUT2D eigenvalue weighted by atomic mass is 10.2. The van der Waals surface area contributed by atoms with E-state index >= 15 is 0 Å². The molecule has 5 N–H and O–H groups in total. The number of anilines is 3. The second-order valence-electron chi connectivity index (χ2n) is 6.37. The number of aliphatic hydroxyl groups excluding tert-OH is 2. The van der Waals surface area contributed by atoms with E-state index in [0.717, 1.165) is 24.2 Å². The van der Waals surface area contributed by atoms with E-state index in [1.165, 1.54) is 0 Å². The van der Waals surface area contributed by atoms with Crippen molar-refractivity contribution in [1.82, 2.24) is 15.0 Å². The number of aromatic nitrogens is 3. The van der Waals surface area contributed by atoms with E-state index in [0.29, 0.717) is 24.4 Å². The summed E-state index contributed by atoms with van der Waals surface area (Å²) in [5.41, 5.74) is 1.05. The third-order valence-electron chi connectivity index (χ3n) is 4.34. The zero-order chi connectivity index (χ0) is 20.4. The van der Waals surface area contributed by atoms with Gasteiger partial charge in [0.05, 0.1) is 32.4 Å². The van der Waals surface area contributed by atoms with Gasteiger partial charge in [-0.2, -0.15) is 15.0 Å². The normalized spacial score (nSPS) is 12.9. The molecule has 9 heteroatoms. The second kappa shape index (κ2) is 11.3. The summed E-state index contributed by atoms with van der Waals surface area (Å²) in [4.78, 5) is 13.1. The van der Waals surface area contributed by atoms with Crippen LogP contribution in [0, 0.1) is 0 Å². The summed E-state index contributed by atoms with van der Waals surface area (Å²) in [6, 6.07) is 7.41. The van der Waals surface area contributed by atoms with E-state index in [4.69, 9.17) is 4.74 Å². The Balaban J connectivity index is 2.16. The first-order valence-corrected chi connectivity index (χ1v) is 9.49. The van der Waals surface area contributed by atoms with Crippen molar-refractivity contribution in [3.8, 4) is 5.75 Å². The highest BCUT2D eigenvalue weighted by atomic mass is 16.5. The van der Waals surface area contributed by atoms with Crippen LogP contribution in [0.2, 0.25) is 0 Å².